The number of aryl methyl sites for hydroxylation is 2. The van der Waals surface area contributed by atoms with Gasteiger partial charge < -0.3 is 10.2 Å². The van der Waals surface area contributed by atoms with Crippen molar-refractivity contribution >= 4 is 5.91 Å². The van der Waals surface area contributed by atoms with Gasteiger partial charge in [0.25, 0.3) is 0 Å². The first-order chi connectivity index (χ1) is 13.2. The maximum absolute atomic E-state index is 13.1. The smallest absolute Gasteiger partial charge is 0.227 e. The molecule has 5 heteroatoms. The summed E-state index contributed by atoms with van der Waals surface area (Å²) in [7, 11) is 1.93. The summed E-state index contributed by atoms with van der Waals surface area (Å²) in [6, 6.07) is 10.7. The summed E-state index contributed by atoms with van der Waals surface area (Å²) in [5, 5.41) is 7.70. The molecule has 2 aliphatic rings. The molecule has 2 fully saturated rings. The maximum atomic E-state index is 13.1. The highest BCUT2D eigenvalue weighted by molar-refractivity contribution is 5.80. The van der Waals surface area contributed by atoms with Gasteiger partial charge >= 0.3 is 0 Å². The van der Waals surface area contributed by atoms with Crippen LogP contribution in [0.2, 0.25) is 0 Å². The Morgan fingerprint density at radius 2 is 1.96 bits per heavy atom. The van der Waals surface area contributed by atoms with Crippen LogP contribution in [0.4, 0.5) is 0 Å². The van der Waals surface area contributed by atoms with Gasteiger partial charge in [0.1, 0.15) is 0 Å². The Bertz CT molecular complexity index is 749. The van der Waals surface area contributed by atoms with Gasteiger partial charge in [-0.1, -0.05) is 30.3 Å². The first-order valence-corrected chi connectivity index (χ1v) is 10.2. The van der Waals surface area contributed by atoms with E-state index in [1.807, 2.05) is 24.1 Å². The van der Waals surface area contributed by atoms with Crippen LogP contribution in [-0.2, 0) is 18.3 Å². The van der Waals surface area contributed by atoms with Crippen LogP contribution in [-0.4, -0.2) is 46.8 Å². The second kappa shape index (κ2) is 8.26. The number of likely N-dealkylation sites (tertiary alicyclic amines) is 1. The Morgan fingerprint density at radius 3 is 2.67 bits per heavy atom. The predicted octanol–water partition coefficient (Wildman–Crippen LogP) is 2.59. The summed E-state index contributed by atoms with van der Waals surface area (Å²) >= 11 is 0. The van der Waals surface area contributed by atoms with Crippen molar-refractivity contribution in [3.8, 4) is 0 Å². The second-order valence-corrected chi connectivity index (χ2v) is 8.11. The SMILES string of the molecule is Cn1cc([C@H]2CNC[C@@H]2C(=O)N2CCC(CCc3ccccc3)CC2)cn1. The molecule has 0 bridgehead atoms. The average molecular weight is 367 g/mol. The number of nitrogens with zero attached hydrogens (tertiary/aromatic N) is 3. The zero-order chi connectivity index (χ0) is 18.6. The third kappa shape index (κ3) is 4.24. The summed E-state index contributed by atoms with van der Waals surface area (Å²) in [5.74, 6) is 1.37. The summed E-state index contributed by atoms with van der Waals surface area (Å²) in [4.78, 5) is 15.2. The zero-order valence-corrected chi connectivity index (χ0v) is 16.2. The minimum atomic E-state index is 0.0510. The number of amides is 1. The first-order valence-electron chi connectivity index (χ1n) is 10.2. The number of carbonyl (C=O) groups excluding carboxylic acids is 1. The number of aromatic nitrogens is 2. The van der Waals surface area contributed by atoms with E-state index in [9.17, 15) is 4.79 Å². The van der Waals surface area contributed by atoms with Gasteiger partial charge in [0, 0.05) is 45.3 Å². The van der Waals surface area contributed by atoms with Crippen LogP contribution in [0.5, 0.6) is 0 Å². The molecule has 0 saturated carbocycles. The molecule has 3 heterocycles. The van der Waals surface area contributed by atoms with Gasteiger partial charge in [0.15, 0.2) is 0 Å². The molecule has 0 aliphatic carbocycles. The minimum absolute atomic E-state index is 0.0510. The lowest BCUT2D eigenvalue weighted by atomic mass is 9.87. The standard InChI is InChI=1S/C22H30N4O/c1-25-16-19(13-24-25)20-14-23-15-21(20)22(27)26-11-9-18(10-12-26)8-7-17-5-3-2-4-6-17/h2-6,13,16,18,20-21,23H,7-12,14-15H2,1H3/t20-,21+/m1/s1. The van der Waals surface area contributed by atoms with Gasteiger partial charge in [-0.2, -0.15) is 5.10 Å². The van der Waals surface area contributed by atoms with E-state index in [-0.39, 0.29) is 11.8 Å². The largest absolute Gasteiger partial charge is 0.342 e. The number of nitrogens with one attached hydrogen (secondary N) is 1. The molecule has 1 N–H and O–H groups in total. The number of rotatable bonds is 5. The van der Waals surface area contributed by atoms with Crippen LogP contribution >= 0.6 is 0 Å². The van der Waals surface area contributed by atoms with Crippen LogP contribution < -0.4 is 5.32 Å². The molecule has 2 aromatic rings. The zero-order valence-electron chi connectivity index (χ0n) is 16.2. The van der Waals surface area contributed by atoms with Crippen LogP contribution in [0.1, 0.15) is 36.3 Å². The molecule has 4 rings (SSSR count). The van der Waals surface area contributed by atoms with Crippen LogP contribution in [0, 0.1) is 11.8 Å². The lowest BCUT2D eigenvalue weighted by molar-refractivity contribution is -0.136. The minimum Gasteiger partial charge on any atom is -0.342 e. The van der Waals surface area contributed by atoms with Gasteiger partial charge in [-0.25, -0.2) is 0 Å². The molecule has 1 aromatic carbocycles. The normalized spacial score (nSPS) is 23.7. The van der Waals surface area contributed by atoms with Crippen LogP contribution in [0.3, 0.4) is 0 Å². The fourth-order valence-corrected chi connectivity index (χ4v) is 4.61. The van der Waals surface area contributed by atoms with Crippen molar-refractivity contribution in [1.29, 1.82) is 0 Å². The van der Waals surface area contributed by atoms with E-state index < -0.39 is 0 Å². The highest BCUT2D eigenvalue weighted by atomic mass is 16.2. The van der Waals surface area contributed by atoms with E-state index >= 15 is 0 Å². The van der Waals surface area contributed by atoms with Crippen molar-refractivity contribution in [2.24, 2.45) is 18.9 Å². The molecule has 0 radical (unpaired) electrons. The summed E-state index contributed by atoms with van der Waals surface area (Å²) in [6.07, 6.45) is 8.61. The lowest BCUT2D eigenvalue weighted by Gasteiger charge is -2.34. The first kappa shape index (κ1) is 18.2. The Hall–Kier alpha value is -2.14. The second-order valence-electron chi connectivity index (χ2n) is 8.11. The third-order valence-corrected chi connectivity index (χ3v) is 6.29. The van der Waals surface area contributed by atoms with E-state index in [1.54, 1.807) is 0 Å². The van der Waals surface area contributed by atoms with Crippen molar-refractivity contribution in [2.45, 2.75) is 31.6 Å². The summed E-state index contributed by atoms with van der Waals surface area (Å²) in [5.41, 5.74) is 2.60. The Morgan fingerprint density at radius 1 is 1.19 bits per heavy atom. The molecule has 0 unspecified atom stereocenters. The fraction of sp³-hybridized carbons (Fsp3) is 0.545. The molecule has 0 spiro atoms. The molecule has 2 aliphatic heterocycles. The Balaban J connectivity index is 1.29. The quantitative estimate of drug-likeness (QED) is 0.885. The van der Waals surface area contributed by atoms with Crippen molar-refractivity contribution in [3.05, 3.63) is 53.9 Å². The molecule has 2 atom stereocenters. The monoisotopic (exact) mass is 366 g/mol. The maximum Gasteiger partial charge on any atom is 0.227 e. The number of benzene rings is 1. The van der Waals surface area contributed by atoms with Crippen molar-refractivity contribution in [2.75, 3.05) is 26.2 Å². The molecule has 27 heavy (non-hydrogen) atoms. The predicted molar refractivity (Wildman–Crippen MR) is 106 cm³/mol. The van der Waals surface area contributed by atoms with Gasteiger partial charge in [-0.05, 0) is 42.7 Å². The van der Waals surface area contributed by atoms with Crippen LogP contribution in [0.25, 0.3) is 0 Å². The number of hydrogen-bond donors (Lipinski definition) is 1. The van der Waals surface area contributed by atoms with E-state index in [4.69, 9.17) is 0 Å². The van der Waals surface area contributed by atoms with E-state index in [1.165, 1.54) is 17.5 Å². The van der Waals surface area contributed by atoms with Crippen molar-refractivity contribution in [1.82, 2.24) is 20.0 Å². The van der Waals surface area contributed by atoms with Crippen LogP contribution in [0.15, 0.2) is 42.7 Å². The van der Waals surface area contributed by atoms with E-state index in [0.717, 1.165) is 51.4 Å². The van der Waals surface area contributed by atoms with Gasteiger partial charge in [-0.15, -0.1) is 0 Å². The number of hydrogen-bond acceptors (Lipinski definition) is 3. The highest BCUT2D eigenvalue weighted by Crippen LogP contribution is 2.31. The molecule has 5 nitrogen and oxygen atoms in total. The average Bonchev–Trinajstić information content (AvgIpc) is 3.36. The van der Waals surface area contributed by atoms with E-state index in [0.29, 0.717) is 5.91 Å². The Labute approximate surface area is 161 Å². The Kier molecular flexibility index (Phi) is 5.58. The topological polar surface area (TPSA) is 50.2 Å². The number of carbonyl (C=O) groups is 1. The lowest BCUT2D eigenvalue weighted by Crippen LogP contribution is -2.43. The molecule has 2 saturated heterocycles. The molecule has 1 aromatic heterocycles. The highest BCUT2D eigenvalue weighted by Gasteiger charge is 2.37. The van der Waals surface area contributed by atoms with Crippen molar-refractivity contribution in [3.63, 3.8) is 0 Å². The fourth-order valence-electron chi connectivity index (χ4n) is 4.61. The van der Waals surface area contributed by atoms with Gasteiger partial charge in [-0.3, -0.25) is 9.48 Å². The molecular weight excluding hydrogens is 336 g/mol. The van der Waals surface area contributed by atoms with Crippen molar-refractivity contribution < 1.29 is 4.79 Å². The van der Waals surface area contributed by atoms with Gasteiger partial charge in [0.2, 0.25) is 5.91 Å². The molecular formula is C22H30N4O. The number of piperidine rings is 1. The van der Waals surface area contributed by atoms with Gasteiger partial charge in [0.05, 0.1) is 12.1 Å². The third-order valence-electron chi connectivity index (χ3n) is 6.29. The summed E-state index contributed by atoms with van der Waals surface area (Å²) in [6.45, 7) is 3.48. The summed E-state index contributed by atoms with van der Waals surface area (Å²) < 4.78 is 1.83. The van der Waals surface area contributed by atoms with E-state index in [2.05, 4.69) is 45.6 Å². The molecule has 144 valence electrons. The molecule has 1 amide bonds.